The number of halogens is 1. The Bertz CT molecular complexity index is 582. The van der Waals surface area contributed by atoms with E-state index in [0.717, 1.165) is 56.0 Å². The fourth-order valence-electron chi connectivity index (χ4n) is 4.24. The number of para-hydroxylation sites is 1. The molecule has 1 aromatic carbocycles. The van der Waals surface area contributed by atoms with Gasteiger partial charge in [-0.05, 0) is 76.2 Å². The van der Waals surface area contributed by atoms with E-state index >= 15 is 0 Å². The monoisotopic (exact) mass is 408 g/mol. The Labute approximate surface area is 177 Å². The van der Waals surface area contributed by atoms with Crippen LogP contribution in [0.4, 0.5) is 0 Å². The molecule has 0 atom stereocenters. The van der Waals surface area contributed by atoms with E-state index in [0.29, 0.717) is 6.61 Å². The summed E-state index contributed by atoms with van der Waals surface area (Å²) >= 11 is 0. The highest BCUT2D eigenvalue weighted by atomic mass is 35.5. The molecule has 0 N–H and O–H groups in total. The molecule has 1 aromatic rings. The summed E-state index contributed by atoms with van der Waals surface area (Å²) in [5.74, 6) is 1.65. The first-order valence-electron chi connectivity index (χ1n) is 11.0. The molecule has 2 saturated heterocycles. The maximum absolute atomic E-state index is 13.0. The zero-order valence-corrected chi connectivity index (χ0v) is 18.2. The van der Waals surface area contributed by atoms with Crippen molar-refractivity contribution >= 4 is 18.3 Å². The summed E-state index contributed by atoms with van der Waals surface area (Å²) in [6.07, 6.45) is 9.82. The smallest absolute Gasteiger partial charge is 0.257 e. The van der Waals surface area contributed by atoms with Crippen LogP contribution in [0.3, 0.4) is 0 Å². The van der Waals surface area contributed by atoms with Gasteiger partial charge in [0.25, 0.3) is 5.91 Å². The van der Waals surface area contributed by atoms with Gasteiger partial charge < -0.3 is 14.5 Å². The zero-order chi connectivity index (χ0) is 18.9. The van der Waals surface area contributed by atoms with Gasteiger partial charge in [-0.3, -0.25) is 4.79 Å². The minimum Gasteiger partial charge on any atom is -0.493 e. The predicted octanol–water partition coefficient (Wildman–Crippen LogP) is 5.02. The number of hydrogen-bond acceptors (Lipinski definition) is 3. The Morgan fingerprint density at radius 2 is 1.79 bits per heavy atom. The number of nitrogens with zero attached hydrogens (tertiary/aromatic N) is 2. The highest BCUT2D eigenvalue weighted by Crippen LogP contribution is 2.26. The van der Waals surface area contributed by atoms with Crippen LogP contribution in [0.25, 0.3) is 0 Å². The molecule has 28 heavy (non-hydrogen) atoms. The van der Waals surface area contributed by atoms with Crippen molar-refractivity contribution in [2.75, 3.05) is 39.3 Å². The van der Waals surface area contributed by atoms with E-state index in [1.54, 1.807) is 0 Å². The lowest BCUT2D eigenvalue weighted by molar-refractivity contribution is 0.0675. The van der Waals surface area contributed by atoms with E-state index in [1.807, 2.05) is 29.2 Å². The molecule has 0 aliphatic carbocycles. The summed E-state index contributed by atoms with van der Waals surface area (Å²) in [7, 11) is 0. The second kappa shape index (κ2) is 12.3. The summed E-state index contributed by atoms with van der Waals surface area (Å²) < 4.78 is 5.86. The number of carbonyl (C=O) groups is 1. The van der Waals surface area contributed by atoms with Crippen molar-refractivity contribution in [3.8, 4) is 5.75 Å². The number of benzene rings is 1. The van der Waals surface area contributed by atoms with Gasteiger partial charge in [-0.15, -0.1) is 12.4 Å². The van der Waals surface area contributed by atoms with Crippen molar-refractivity contribution in [1.82, 2.24) is 9.80 Å². The third-order valence-electron chi connectivity index (χ3n) is 6.08. The highest BCUT2D eigenvalue weighted by Gasteiger charge is 2.25. The van der Waals surface area contributed by atoms with Crippen molar-refractivity contribution in [3.05, 3.63) is 29.8 Å². The van der Waals surface area contributed by atoms with E-state index in [-0.39, 0.29) is 18.3 Å². The number of hydrogen-bond donors (Lipinski definition) is 0. The number of rotatable bonds is 8. The number of amides is 1. The molecule has 2 aliphatic rings. The summed E-state index contributed by atoms with van der Waals surface area (Å²) in [5, 5.41) is 0. The molecule has 0 saturated carbocycles. The average Bonchev–Trinajstić information content (AvgIpc) is 2.73. The van der Waals surface area contributed by atoms with Crippen LogP contribution < -0.4 is 4.74 Å². The average molecular weight is 409 g/mol. The lowest BCUT2D eigenvalue weighted by atomic mass is 9.92. The topological polar surface area (TPSA) is 32.8 Å². The molecule has 4 nitrogen and oxygen atoms in total. The number of carbonyl (C=O) groups excluding carboxylic acids is 1. The fraction of sp³-hybridized carbons (Fsp3) is 0.696. The molecule has 2 heterocycles. The van der Waals surface area contributed by atoms with Gasteiger partial charge in [0, 0.05) is 13.1 Å². The van der Waals surface area contributed by atoms with Crippen molar-refractivity contribution in [3.63, 3.8) is 0 Å². The van der Waals surface area contributed by atoms with E-state index in [4.69, 9.17) is 4.74 Å². The third kappa shape index (κ3) is 6.66. The van der Waals surface area contributed by atoms with Gasteiger partial charge in [0.2, 0.25) is 0 Å². The van der Waals surface area contributed by atoms with Gasteiger partial charge in [0.1, 0.15) is 5.75 Å². The van der Waals surface area contributed by atoms with Gasteiger partial charge in [0.05, 0.1) is 12.2 Å². The van der Waals surface area contributed by atoms with Crippen molar-refractivity contribution in [2.24, 2.45) is 5.92 Å². The second-order valence-corrected chi connectivity index (χ2v) is 8.12. The molecule has 0 aromatic heterocycles. The standard InChI is InChI=1S/C23H36N2O2.ClH/c1-2-3-19-27-22-10-6-5-9-21(22)23(26)25-17-12-20(13-18-25)11-16-24-14-7-4-8-15-24;/h5-6,9-10,20H,2-4,7-8,11-19H2,1H3;1H. The lowest BCUT2D eigenvalue weighted by Gasteiger charge is -2.34. The van der Waals surface area contributed by atoms with Gasteiger partial charge in [0.15, 0.2) is 0 Å². The van der Waals surface area contributed by atoms with Crippen LogP contribution >= 0.6 is 12.4 Å². The van der Waals surface area contributed by atoms with E-state index < -0.39 is 0 Å². The molecule has 1 amide bonds. The van der Waals surface area contributed by atoms with Crippen LogP contribution in [0.2, 0.25) is 0 Å². The number of piperidine rings is 2. The Hall–Kier alpha value is -1.26. The van der Waals surface area contributed by atoms with Gasteiger partial charge in [-0.25, -0.2) is 0 Å². The molecular weight excluding hydrogens is 372 g/mol. The zero-order valence-electron chi connectivity index (χ0n) is 17.4. The third-order valence-corrected chi connectivity index (χ3v) is 6.08. The molecule has 2 fully saturated rings. The Morgan fingerprint density at radius 1 is 1.07 bits per heavy atom. The maximum Gasteiger partial charge on any atom is 0.257 e. The summed E-state index contributed by atoms with van der Waals surface area (Å²) in [6, 6.07) is 7.72. The van der Waals surface area contributed by atoms with Crippen molar-refractivity contribution in [2.45, 2.75) is 58.3 Å². The minimum absolute atomic E-state index is 0. The molecule has 0 radical (unpaired) electrons. The van der Waals surface area contributed by atoms with Crippen molar-refractivity contribution < 1.29 is 9.53 Å². The number of ether oxygens (including phenoxy) is 1. The quantitative estimate of drug-likeness (QED) is 0.566. The molecule has 5 heteroatoms. The maximum atomic E-state index is 13.0. The molecule has 0 bridgehead atoms. The normalized spacial score (nSPS) is 18.5. The summed E-state index contributed by atoms with van der Waals surface area (Å²) in [6.45, 7) is 8.40. The molecule has 158 valence electrons. The van der Waals surface area contributed by atoms with Gasteiger partial charge in [-0.1, -0.05) is 31.9 Å². The first-order valence-corrected chi connectivity index (χ1v) is 11.0. The van der Waals surface area contributed by atoms with Gasteiger partial charge >= 0.3 is 0 Å². The van der Waals surface area contributed by atoms with E-state index in [2.05, 4.69) is 11.8 Å². The predicted molar refractivity (Wildman–Crippen MR) is 118 cm³/mol. The lowest BCUT2D eigenvalue weighted by Crippen LogP contribution is -2.39. The molecule has 0 unspecified atom stereocenters. The molecule has 3 rings (SSSR count). The van der Waals surface area contributed by atoms with Crippen molar-refractivity contribution in [1.29, 1.82) is 0 Å². The Kier molecular flexibility index (Phi) is 10.1. The number of unbranched alkanes of at least 4 members (excludes halogenated alkanes) is 1. The highest BCUT2D eigenvalue weighted by molar-refractivity contribution is 5.97. The first-order chi connectivity index (χ1) is 13.3. The molecular formula is C23H37ClN2O2. The summed E-state index contributed by atoms with van der Waals surface area (Å²) in [5.41, 5.74) is 0.723. The van der Waals surface area contributed by atoms with Crippen LogP contribution in [0.5, 0.6) is 5.75 Å². The first kappa shape index (κ1) is 23.0. The van der Waals surface area contributed by atoms with Crippen LogP contribution in [-0.4, -0.2) is 55.0 Å². The van der Waals surface area contributed by atoms with E-state index in [1.165, 1.54) is 45.3 Å². The molecule has 0 spiro atoms. The summed E-state index contributed by atoms with van der Waals surface area (Å²) in [4.78, 5) is 17.7. The fourth-order valence-corrected chi connectivity index (χ4v) is 4.24. The van der Waals surface area contributed by atoms with Crippen LogP contribution in [0.15, 0.2) is 24.3 Å². The van der Waals surface area contributed by atoms with Crippen LogP contribution in [0.1, 0.15) is 68.6 Å². The minimum atomic E-state index is 0. The molecule has 2 aliphatic heterocycles. The van der Waals surface area contributed by atoms with Crippen LogP contribution in [0, 0.1) is 5.92 Å². The Balaban J connectivity index is 0.00000280. The SMILES string of the molecule is CCCCOc1ccccc1C(=O)N1CCC(CCN2CCCCC2)CC1.Cl. The number of likely N-dealkylation sites (tertiary alicyclic amines) is 2. The largest absolute Gasteiger partial charge is 0.493 e. The van der Waals surface area contributed by atoms with Gasteiger partial charge in [-0.2, -0.15) is 0 Å². The second-order valence-electron chi connectivity index (χ2n) is 8.12. The van der Waals surface area contributed by atoms with E-state index in [9.17, 15) is 4.79 Å². The van der Waals surface area contributed by atoms with Crippen LogP contribution in [-0.2, 0) is 0 Å². The Morgan fingerprint density at radius 3 is 2.50 bits per heavy atom.